The van der Waals surface area contributed by atoms with Crippen LogP contribution in [0.2, 0.25) is 0 Å². The zero-order valence-electron chi connectivity index (χ0n) is 10.1. The van der Waals surface area contributed by atoms with Gasteiger partial charge in [-0.3, -0.25) is 9.11 Å². The molecule has 98 valence electrons. The van der Waals surface area contributed by atoms with Crippen molar-refractivity contribution in [3.05, 3.63) is 0 Å². The van der Waals surface area contributed by atoms with E-state index in [4.69, 9.17) is 4.74 Å². The van der Waals surface area contributed by atoms with Crippen molar-refractivity contribution < 1.29 is 8.95 Å². The molecule has 1 aliphatic heterocycles. The van der Waals surface area contributed by atoms with Gasteiger partial charge in [-0.2, -0.15) is 0 Å². The van der Waals surface area contributed by atoms with Gasteiger partial charge in [-0.1, -0.05) is 0 Å². The maximum absolute atomic E-state index is 11.7. The van der Waals surface area contributed by atoms with E-state index in [0.717, 1.165) is 57.2 Å². The van der Waals surface area contributed by atoms with Crippen LogP contribution in [0.3, 0.4) is 0 Å². The van der Waals surface area contributed by atoms with Gasteiger partial charge in [0.05, 0.1) is 18.4 Å². The van der Waals surface area contributed by atoms with Crippen molar-refractivity contribution in [3.8, 4) is 0 Å². The molecule has 1 rings (SSSR count). The molecule has 0 saturated carbocycles. The number of aliphatic imine (C=N–C) groups is 1. The summed E-state index contributed by atoms with van der Waals surface area (Å²) in [7, 11) is -0.698. The average Bonchev–Trinajstić information content (AvgIpc) is 2.37. The molecule has 0 N–H and O–H groups in total. The summed E-state index contributed by atoms with van der Waals surface area (Å²) < 4.78 is 17.0. The summed E-state index contributed by atoms with van der Waals surface area (Å²) in [5, 5.41) is 2.34. The smallest absolute Gasteiger partial charge is 0.0594 e. The predicted octanol–water partition coefficient (Wildman–Crippen LogP) is 0.950. The molecule has 4 nitrogen and oxygen atoms in total. The van der Waals surface area contributed by atoms with E-state index < -0.39 is 10.8 Å². The molecule has 0 aliphatic carbocycles. The number of rotatable bonds is 8. The highest BCUT2D eigenvalue weighted by molar-refractivity contribution is 7.85. The maximum Gasteiger partial charge on any atom is 0.0594 e. The molecular weight excluding hydrogens is 256 g/mol. The number of nitrogens with zero attached hydrogens (tertiary/aromatic N) is 2. The fourth-order valence-corrected chi connectivity index (χ4v) is 2.94. The number of hydrogen-bond donors (Lipinski definition) is 0. The summed E-state index contributed by atoms with van der Waals surface area (Å²) in [5.74, 6) is 1.55. The topological polar surface area (TPSA) is 41.9 Å². The average molecular weight is 276 g/mol. The molecule has 1 aliphatic rings. The van der Waals surface area contributed by atoms with Crippen molar-refractivity contribution in [1.82, 2.24) is 4.90 Å². The van der Waals surface area contributed by atoms with Crippen LogP contribution in [0.1, 0.15) is 12.8 Å². The summed E-state index contributed by atoms with van der Waals surface area (Å²) in [5.41, 5.74) is 0. The van der Waals surface area contributed by atoms with E-state index in [9.17, 15) is 4.21 Å². The number of morpholine rings is 1. The van der Waals surface area contributed by atoms with Gasteiger partial charge in [0.1, 0.15) is 0 Å². The highest BCUT2D eigenvalue weighted by Crippen LogP contribution is 1.99. The van der Waals surface area contributed by atoms with Crippen molar-refractivity contribution >= 4 is 28.2 Å². The van der Waals surface area contributed by atoms with Crippen LogP contribution in [0.5, 0.6) is 0 Å². The SMILES string of the molecule is O=S(CCCCN=C=S)CCN1CCOCC1. The van der Waals surface area contributed by atoms with Crippen LogP contribution in [0.4, 0.5) is 0 Å². The van der Waals surface area contributed by atoms with E-state index in [1.807, 2.05) is 0 Å². The Bertz CT molecular complexity index is 275. The van der Waals surface area contributed by atoms with Crippen molar-refractivity contribution in [3.63, 3.8) is 0 Å². The van der Waals surface area contributed by atoms with E-state index in [1.54, 1.807) is 0 Å². The predicted molar refractivity (Wildman–Crippen MR) is 74.3 cm³/mol. The van der Waals surface area contributed by atoms with Crippen LogP contribution in [-0.4, -0.2) is 65.2 Å². The van der Waals surface area contributed by atoms with E-state index >= 15 is 0 Å². The van der Waals surface area contributed by atoms with Gasteiger partial charge in [0.15, 0.2) is 0 Å². The van der Waals surface area contributed by atoms with E-state index in [1.165, 1.54) is 0 Å². The molecule has 1 fully saturated rings. The Hall–Kier alpha value is -0.130. The Morgan fingerprint density at radius 1 is 1.29 bits per heavy atom. The maximum atomic E-state index is 11.7. The minimum Gasteiger partial charge on any atom is -0.379 e. The zero-order valence-corrected chi connectivity index (χ0v) is 11.7. The Labute approximate surface area is 111 Å². The van der Waals surface area contributed by atoms with Gasteiger partial charge in [-0.15, -0.1) is 0 Å². The number of unbranched alkanes of at least 4 members (excludes halogenated alkanes) is 1. The van der Waals surface area contributed by atoms with Crippen LogP contribution in [0.15, 0.2) is 4.99 Å². The molecule has 0 aromatic heterocycles. The van der Waals surface area contributed by atoms with Crippen molar-refractivity contribution in [2.24, 2.45) is 4.99 Å². The number of isothiocyanates is 1. The van der Waals surface area contributed by atoms with Crippen LogP contribution in [0.25, 0.3) is 0 Å². The third-order valence-corrected chi connectivity index (χ3v) is 4.21. The number of hydrogen-bond acceptors (Lipinski definition) is 5. The van der Waals surface area contributed by atoms with Crippen LogP contribution in [-0.2, 0) is 15.5 Å². The summed E-state index contributed by atoms with van der Waals surface area (Å²) >= 11 is 4.47. The molecule has 1 heterocycles. The molecule has 0 bridgehead atoms. The second kappa shape index (κ2) is 9.85. The molecule has 0 radical (unpaired) electrons. The highest BCUT2D eigenvalue weighted by atomic mass is 32.2. The highest BCUT2D eigenvalue weighted by Gasteiger charge is 2.10. The first-order valence-corrected chi connectivity index (χ1v) is 7.91. The Morgan fingerprint density at radius 2 is 2.06 bits per heavy atom. The van der Waals surface area contributed by atoms with Gasteiger partial charge in [0, 0.05) is 48.5 Å². The van der Waals surface area contributed by atoms with E-state index in [0.29, 0.717) is 6.54 Å². The van der Waals surface area contributed by atoms with Crippen LogP contribution >= 0.6 is 12.2 Å². The van der Waals surface area contributed by atoms with Crippen LogP contribution < -0.4 is 0 Å². The van der Waals surface area contributed by atoms with Gasteiger partial charge in [-0.25, -0.2) is 4.99 Å². The molecule has 1 unspecified atom stereocenters. The second-order valence-electron chi connectivity index (χ2n) is 3.98. The van der Waals surface area contributed by atoms with Crippen LogP contribution in [0, 0.1) is 0 Å². The van der Waals surface area contributed by atoms with Crippen molar-refractivity contribution in [2.45, 2.75) is 12.8 Å². The molecule has 1 saturated heterocycles. The Balaban J connectivity index is 1.98. The van der Waals surface area contributed by atoms with Gasteiger partial charge < -0.3 is 4.74 Å². The van der Waals surface area contributed by atoms with Gasteiger partial charge in [0.2, 0.25) is 0 Å². The summed E-state index contributed by atoms with van der Waals surface area (Å²) in [4.78, 5) is 6.15. The molecule has 0 aromatic carbocycles. The number of ether oxygens (including phenoxy) is 1. The molecular formula is C11H20N2O2S2. The molecule has 1 atom stereocenters. The summed E-state index contributed by atoms with van der Waals surface area (Å²) in [6.45, 7) is 5.20. The fraction of sp³-hybridized carbons (Fsp3) is 0.909. The zero-order chi connectivity index (χ0) is 12.3. The molecule has 0 spiro atoms. The lowest BCUT2D eigenvalue weighted by molar-refractivity contribution is 0.0409. The third kappa shape index (κ3) is 7.73. The minimum atomic E-state index is -0.698. The standard InChI is InChI=1S/C11H20N2O2S2/c14-17(9-2-1-3-12-11-16)10-6-13-4-7-15-8-5-13/h1-10H2. The molecule has 17 heavy (non-hydrogen) atoms. The quantitative estimate of drug-likeness (QED) is 0.376. The lowest BCUT2D eigenvalue weighted by Crippen LogP contribution is -2.38. The minimum absolute atomic E-state index is 0.698. The lowest BCUT2D eigenvalue weighted by atomic mass is 10.3. The van der Waals surface area contributed by atoms with E-state index in [-0.39, 0.29) is 0 Å². The fourth-order valence-electron chi connectivity index (χ4n) is 1.66. The monoisotopic (exact) mass is 276 g/mol. The largest absolute Gasteiger partial charge is 0.379 e. The summed E-state index contributed by atoms with van der Waals surface area (Å²) in [6.07, 6.45) is 1.91. The van der Waals surface area contributed by atoms with Gasteiger partial charge in [0.25, 0.3) is 0 Å². The lowest BCUT2D eigenvalue weighted by Gasteiger charge is -2.26. The number of thiocarbonyl (C=S) groups is 1. The van der Waals surface area contributed by atoms with E-state index in [2.05, 4.69) is 27.3 Å². The molecule has 0 amide bonds. The normalized spacial score (nSPS) is 18.6. The first-order valence-electron chi connectivity index (χ1n) is 6.01. The first kappa shape index (κ1) is 14.9. The van der Waals surface area contributed by atoms with Gasteiger partial charge >= 0.3 is 0 Å². The second-order valence-corrected chi connectivity index (χ2v) is 5.86. The Kier molecular flexibility index (Phi) is 8.65. The van der Waals surface area contributed by atoms with Crippen molar-refractivity contribution in [2.75, 3.05) is 50.9 Å². The van der Waals surface area contributed by atoms with Crippen molar-refractivity contribution in [1.29, 1.82) is 0 Å². The summed E-state index contributed by atoms with van der Waals surface area (Å²) in [6, 6.07) is 0. The molecule has 6 heteroatoms. The molecule has 0 aromatic rings. The first-order chi connectivity index (χ1) is 8.33. The van der Waals surface area contributed by atoms with Gasteiger partial charge in [-0.05, 0) is 25.1 Å². The Morgan fingerprint density at radius 3 is 2.76 bits per heavy atom. The third-order valence-electron chi connectivity index (χ3n) is 2.70.